The number of hydrogen-bond acceptors (Lipinski definition) is 6. The van der Waals surface area contributed by atoms with Crippen LogP contribution in [-0.4, -0.2) is 25.6 Å². The van der Waals surface area contributed by atoms with E-state index in [1.807, 2.05) is 0 Å². The van der Waals surface area contributed by atoms with Gasteiger partial charge in [0.25, 0.3) is 0 Å². The Morgan fingerprint density at radius 1 is 1.50 bits per heavy atom. The molecule has 2 rings (SSSR count). The molecule has 0 bridgehead atoms. The number of aromatic nitrogens is 5. The normalized spacial score (nSPS) is 10.0. The van der Waals surface area contributed by atoms with Gasteiger partial charge < -0.3 is 11.1 Å². The molecule has 0 saturated carbocycles. The van der Waals surface area contributed by atoms with Crippen LogP contribution in [0.2, 0.25) is 0 Å². The summed E-state index contributed by atoms with van der Waals surface area (Å²) >= 11 is 0. The van der Waals surface area contributed by atoms with Crippen molar-refractivity contribution in [3.05, 3.63) is 24.3 Å². The molecule has 0 unspecified atom stereocenters. The van der Waals surface area contributed by atoms with Crippen LogP contribution in [-0.2, 0) is 6.54 Å². The van der Waals surface area contributed by atoms with Gasteiger partial charge in [0.15, 0.2) is 5.82 Å². The minimum Gasteiger partial charge on any atom is -0.397 e. The number of H-pyrrole nitrogens is 1. The first-order valence-corrected chi connectivity index (χ1v) is 4.02. The van der Waals surface area contributed by atoms with Crippen LogP contribution >= 0.6 is 0 Å². The Bertz CT molecular complexity index is 396. The first-order valence-electron chi connectivity index (χ1n) is 4.02. The maximum Gasteiger partial charge on any atom is 0.193 e. The second-order valence-electron chi connectivity index (χ2n) is 2.64. The lowest BCUT2D eigenvalue weighted by molar-refractivity contribution is 0.881. The van der Waals surface area contributed by atoms with Crippen molar-refractivity contribution in [1.29, 1.82) is 0 Å². The zero-order valence-electron chi connectivity index (χ0n) is 7.31. The van der Waals surface area contributed by atoms with Crippen molar-refractivity contribution in [2.24, 2.45) is 0 Å². The number of hydrogen-bond donors (Lipinski definition) is 3. The lowest BCUT2D eigenvalue weighted by atomic mass is 10.3. The number of pyridine rings is 1. The zero-order valence-corrected chi connectivity index (χ0v) is 7.31. The van der Waals surface area contributed by atoms with Gasteiger partial charge in [-0.05, 0) is 6.07 Å². The predicted octanol–water partition coefficient (Wildman–Crippen LogP) is -0.211. The van der Waals surface area contributed by atoms with Crippen molar-refractivity contribution in [2.45, 2.75) is 6.54 Å². The van der Waals surface area contributed by atoms with Crippen LogP contribution in [0.15, 0.2) is 18.5 Å². The smallest absolute Gasteiger partial charge is 0.193 e. The molecule has 2 heterocycles. The van der Waals surface area contributed by atoms with Crippen LogP contribution < -0.4 is 11.1 Å². The highest BCUT2D eigenvalue weighted by atomic mass is 15.5. The van der Waals surface area contributed by atoms with Gasteiger partial charge in [0.2, 0.25) is 0 Å². The third kappa shape index (κ3) is 1.76. The molecule has 0 aliphatic carbocycles. The van der Waals surface area contributed by atoms with Gasteiger partial charge in [-0.3, -0.25) is 4.98 Å². The van der Waals surface area contributed by atoms with Gasteiger partial charge in [-0.2, -0.15) is 5.21 Å². The van der Waals surface area contributed by atoms with Crippen LogP contribution in [0.25, 0.3) is 0 Å². The fourth-order valence-electron chi connectivity index (χ4n) is 0.985. The van der Waals surface area contributed by atoms with E-state index in [1.165, 1.54) is 0 Å². The molecule has 0 amide bonds. The van der Waals surface area contributed by atoms with E-state index in [4.69, 9.17) is 5.73 Å². The lowest BCUT2D eigenvalue weighted by Crippen LogP contribution is -2.04. The standard InChI is InChI=1S/C7H9N7/c8-5-1-2-9-3-6(5)10-4-7-11-13-14-12-7/h1-3,10H,4H2,(H2,8,9)(H,11,12,13,14). The Hall–Kier alpha value is -2.18. The Kier molecular flexibility index (Phi) is 2.22. The molecule has 2 aromatic rings. The molecule has 0 radical (unpaired) electrons. The molecular formula is C7H9N7. The number of nitrogens with two attached hydrogens (primary N) is 1. The second-order valence-corrected chi connectivity index (χ2v) is 2.64. The van der Waals surface area contributed by atoms with Crippen molar-refractivity contribution >= 4 is 11.4 Å². The van der Waals surface area contributed by atoms with Crippen molar-refractivity contribution in [1.82, 2.24) is 25.6 Å². The Morgan fingerprint density at radius 3 is 3.14 bits per heavy atom. The minimum atomic E-state index is 0.465. The largest absolute Gasteiger partial charge is 0.397 e. The summed E-state index contributed by atoms with van der Waals surface area (Å²) in [5.41, 5.74) is 7.10. The van der Waals surface area contributed by atoms with Crippen LogP contribution in [0.3, 0.4) is 0 Å². The Morgan fingerprint density at radius 2 is 2.43 bits per heavy atom. The molecule has 72 valence electrons. The molecule has 0 aliphatic rings. The molecule has 0 fully saturated rings. The van der Waals surface area contributed by atoms with E-state index < -0.39 is 0 Å². The zero-order chi connectivity index (χ0) is 9.80. The topological polar surface area (TPSA) is 105 Å². The van der Waals surface area contributed by atoms with Crippen LogP contribution in [0.1, 0.15) is 5.82 Å². The van der Waals surface area contributed by atoms with Crippen molar-refractivity contribution in [3.8, 4) is 0 Å². The molecule has 7 nitrogen and oxygen atoms in total. The molecule has 0 spiro atoms. The average molecular weight is 191 g/mol. The number of nitrogens with one attached hydrogen (secondary N) is 2. The molecule has 14 heavy (non-hydrogen) atoms. The van der Waals surface area contributed by atoms with Crippen molar-refractivity contribution in [2.75, 3.05) is 11.1 Å². The number of tetrazole rings is 1. The second kappa shape index (κ2) is 3.69. The van der Waals surface area contributed by atoms with Gasteiger partial charge in [0.05, 0.1) is 24.1 Å². The van der Waals surface area contributed by atoms with Gasteiger partial charge in [0, 0.05) is 6.20 Å². The highest BCUT2D eigenvalue weighted by Crippen LogP contribution is 2.14. The number of nitrogen functional groups attached to an aromatic ring is 1. The Labute approximate surface area is 79.7 Å². The van der Waals surface area contributed by atoms with E-state index in [9.17, 15) is 0 Å². The van der Waals surface area contributed by atoms with Crippen molar-refractivity contribution < 1.29 is 0 Å². The monoisotopic (exact) mass is 191 g/mol. The molecule has 2 aromatic heterocycles. The average Bonchev–Trinajstić information content (AvgIpc) is 2.69. The predicted molar refractivity (Wildman–Crippen MR) is 50.2 cm³/mol. The van der Waals surface area contributed by atoms with Crippen LogP contribution in [0.5, 0.6) is 0 Å². The molecule has 7 heteroatoms. The lowest BCUT2D eigenvalue weighted by Gasteiger charge is -2.04. The van der Waals surface area contributed by atoms with E-state index in [1.54, 1.807) is 18.5 Å². The summed E-state index contributed by atoms with van der Waals surface area (Å²) in [6.45, 7) is 0.465. The Balaban J connectivity index is 2.02. The summed E-state index contributed by atoms with van der Waals surface area (Å²) in [4.78, 5) is 3.94. The highest BCUT2D eigenvalue weighted by Gasteiger charge is 2.00. The van der Waals surface area contributed by atoms with E-state index in [0.29, 0.717) is 18.1 Å². The van der Waals surface area contributed by atoms with Crippen LogP contribution in [0, 0.1) is 0 Å². The van der Waals surface area contributed by atoms with Crippen LogP contribution in [0.4, 0.5) is 11.4 Å². The van der Waals surface area contributed by atoms with E-state index >= 15 is 0 Å². The first kappa shape index (κ1) is 8.42. The summed E-state index contributed by atoms with van der Waals surface area (Å²) in [6, 6.07) is 1.72. The summed E-state index contributed by atoms with van der Waals surface area (Å²) in [5, 5.41) is 16.4. The number of rotatable bonds is 3. The van der Waals surface area contributed by atoms with Gasteiger partial charge >= 0.3 is 0 Å². The van der Waals surface area contributed by atoms with Gasteiger partial charge in [-0.15, -0.1) is 10.2 Å². The molecule has 4 N–H and O–H groups in total. The molecule has 0 aliphatic heterocycles. The molecular weight excluding hydrogens is 182 g/mol. The highest BCUT2D eigenvalue weighted by molar-refractivity contribution is 5.63. The van der Waals surface area contributed by atoms with Gasteiger partial charge in [0.1, 0.15) is 0 Å². The summed E-state index contributed by atoms with van der Waals surface area (Å²) in [6.07, 6.45) is 3.28. The molecule has 0 atom stereocenters. The van der Waals surface area contributed by atoms with Gasteiger partial charge in [-0.25, -0.2) is 0 Å². The fourth-order valence-corrected chi connectivity index (χ4v) is 0.985. The quantitative estimate of drug-likeness (QED) is 0.619. The summed E-state index contributed by atoms with van der Waals surface area (Å²) in [7, 11) is 0. The first-order chi connectivity index (χ1) is 6.86. The fraction of sp³-hybridized carbons (Fsp3) is 0.143. The molecule has 0 aromatic carbocycles. The number of nitrogens with zero attached hydrogens (tertiary/aromatic N) is 4. The summed E-state index contributed by atoms with van der Waals surface area (Å²) in [5.74, 6) is 0.577. The third-order valence-corrected chi connectivity index (χ3v) is 1.68. The minimum absolute atomic E-state index is 0.465. The molecule has 0 saturated heterocycles. The van der Waals surface area contributed by atoms with E-state index in [0.717, 1.165) is 5.69 Å². The SMILES string of the molecule is Nc1ccncc1NCc1nn[nH]n1. The van der Waals surface area contributed by atoms with Crippen molar-refractivity contribution in [3.63, 3.8) is 0 Å². The van der Waals surface area contributed by atoms with E-state index in [-0.39, 0.29) is 0 Å². The number of anilines is 2. The third-order valence-electron chi connectivity index (χ3n) is 1.68. The van der Waals surface area contributed by atoms with E-state index in [2.05, 4.69) is 30.9 Å². The summed E-state index contributed by atoms with van der Waals surface area (Å²) < 4.78 is 0. The number of aromatic amines is 1. The maximum atomic E-state index is 5.69. The van der Waals surface area contributed by atoms with Gasteiger partial charge in [-0.1, -0.05) is 5.21 Å². The maximum absolute atomic E-state index is 5.69.